The molecule has 0 heterocycles. The van der Waals surface area contributed by atoms with Gasteiger partial charge in [0.2, 0.25) is 5.91 Å². The fraction of sp³-hybridized carbons (Fsp3) is 0.429. The van der Waals surface area contributed by atoms with Crippen molar-refractivity contribution in [2.24, 2.45) is 10.7 Å². The topological polar surface area (TPSA) is 88.7 Å². The zero-order valence-electron chi connectivity index (χ0n) is 12.5. The second kappa shape index (κ2) is 9.50. The largest absolute Gasteiger partial charge is 0.383 e. The molecule has 0 aromatic heterocycles. The van der Waals surface area contributed by atoms with Gasteiger partial charge in [-0.3, -0.25) is 4.79 Å². The van der Waals surface area contributed by atoms with Crippen molar-refractivity contribution in [3.63, 3.8) is 0 Å². The number of methoxy groups -OCH3 is 1. The van der Waals surface area contributed by atoms with Crippen molar-refractivity contribution in [1.29, 1.82) is 0 Å². The molecule has 0 saturated carbocycles. The van der Waals surface area contributed by atoms with Crippen LogP contribution in [0.5, 0.6) is 0 Å². The summed E-state index contributed by atoms with van der Waals surface area (Å²) in [5, 5.41) is 6.73. The first kappa shape index (κ1) is 18.5. The lowest BCUT2D eigenvalue weighted by atomic mass is 10.1. The molecule has 1 aromatic carbocycles. The van der Waals surface area contributed by atoms with E-state index in [-0.39, 0.29) is 24.5 Å². The minimum absolute atomic E-state index is 0.0520. The molecule has 0 aliphatic heterocycles. The molecule has 0 saturated heterocycles. The molecule has 1 unspecified atom stereocenters. The molecule has 0 bridgehead atoms. The Kier molecular flexibility index (Phi) is 8.01. The number of amides is 1. The zero-order chi connectivity index (χ0) is 16.5. The van der Waals surface area contributed by atoms with Gasteiger partial charge in [-0.25, -0.2) is 4.99 Å². The van der Waals surface area contributed by atoms with E-state index in [2.05, 4.69) is 15.6 Å². The number of halogens is 2. The van der Waals surface area contributed by atoms with Gasteiger partial charge in [0.1, 0.15) is 6.54 Å². The summed E-state index contributed by atoms with van der Waals surface area (Å²) in [7, 11) is 1.56. The summed E-state index contributed by atoms with van der Waals surface area (Å²) < 4.78 is 4.83. The Morgan fingerprint density at radius 3 is 2.82 bits per heavy atom. The monoisotopic (exact) mass is 346 g/mol. The van der Waals surface area contributed by atoms with Crippen molar-refractivity contribution < 1.29 is 9.53 Å². The van der Waals surface area contributed by atoms with Gasteiger partial charge in [0.25, 0.3) is 0 Å². The second-order valence-corrected chi connectivity index (χ2v) is 5.42. The Hall–Kier alpha value is -1.50. The van der Waals surface area contributed by atoms with Crippen molar-refractivity contribution in [3.05, 3.63) is 33.8 Å². The van der Waals surface area contributed by atoms with E-state index in [9.17, 15) is 4.79 Å². The fourth-order valence-electron chi connectivity index (χ4n) is 1.70. The van der Waals surface area contributed by atoms with Crippen LogP contribution in [-0.4, -0.2) is 38.7 Å². The highest BCUT2D eigenvalue weighted by Crippen LogP contribution is 2.25. The standard InChI is InChI=1S/C14H20Cl2N4O2/c1-9(11-4-3-10(15)7-12(11)16)20-14(17)19-8-13(21)18-5-6-22-2/h3-4,7,9H,5-6,8H2,1-2H3,(H,18,21)(H3,17,19,20). The molecule has 122 valence electrons. The normalized spacial score (nSPS) is 12.8. The summed E-state index contributed by atoms with van der Waals surface area (Å²) in [6.45, 7) is 2.73. The Labute approximate surface area is 140 Å². The number of aliphatic imine (C=N–C) groups is 1. The number of benzene rings is 1. The predicted molar refractivity (Wildman–Crippen MR) is 89.4 cm³/mol. The first-order valence-electron chi connectivity index (χ1n) is 6.71. The summed E-state index contributed by atoms with van der Waals surface area (Å²) in [5.74, 6) is -0.0561. The number of rotatable bonds is 7. The molecule has 6 nitrogen and oxygen atoms in total. The number of hydrogen-bond acceptors (Lipinski definition) is 3. The molecule has 0 aliphatic carbocycles. The lowest BCUT2D eigenvalue weighted by molar-refractivity contribution is -0.119. The third-order valence-electron chi connectivity index (χ3n) is 2.81. The summed E-state index contributed by atoms with van der Waals surface area (Å²) in [6, 6.07) is 5.06. The smallest absolute Gasteiger partial charge is 0.241 e. The average Bonchev–Trinajstić information content (AvgIpc) is 2.45. The molecule has 0 spiro atoms. The number of nitrogens with two attached hydrogens (primary N) is 1. The van der Waals surface area contributed by atoms with Crippen molar-refractivity contribution >= 4 is 35.1 Å². The molecule has 1 rings (SSSR count). The molecule has 22 heavy (non-hydrogen) atoms. The van der Waals surface area contributed by atoms with Gasteiger partial charge < -0.3 is 21.1 Å². The van der Waals surface area contributed by atoms with E-state index in [0.717, 1.165) is 5.56 Å². The lowest BCUT2D eigenvalue weighted by Crippen LogP contribution is -2.36. The molecule has 1 amide bonds. The molecular weight excluding hydrogens is 327 g/mol. The van der Waals surface area contributed by atoms with Crippen LogP contribution in [0.2, 0.25) is 10.0 Å². The Morgan fingerprint density at radius 1 is 1.45 bits per heavy atom. The van der Waals surface area contributed by atoms with E-state index in [1.54, 1.807) is 19.2 Å². The molecule has 4 N–H and O–H groups in total. The predicted octanol–water partition coefficient (Wildman–Crippen LogP) is 1.72. The van der Waals surface area contributed by atoms with Gasteiger partial charge in [-0.1, -0.05) is 29.3 Å². The molecular formula is C14H20Cl2N4O2. The maximum absolute atomic E-state index is 11.5. The number of nitrogens with zero attached hydrogens (tertiary/aromatic N) is 1. The van der Waals surface area contributed by atoms with E-state index in [1.807, 2.05) is 13.0 Å². The van der Waals surface area contributed by atoms with Crippen LogP contribution in [-0.2, 0) is 9.53 Å². The molecule has 8 heteroatoms. The first-order valence-corrected chi connectivity index (χ1v) is 7.46. The molecule has 0 aliphatic rings. The highest BCUT2D eigenvalue weighted by molar-refractivity contribution is 6.35. The van der Waals surface area contributed by atoms with Gasteiger partial charge in [0.15, 0.2) is 5.96 Å². The summed E-state index contributed by atoms with van der Waals surface area (Å²) in [5.41, 5.74) is 6.60. The van der Waals surface area contributed by atoms with Crippen molar-refractivity contribution in [3.8, 4) is 0 Å². The number of carbonyl (C=O) groups excluding carboxylic acids is 1. The molecule has 1 atom stereocenters. The summed E-state index contributed by atoms with van der Waals surface area (Å²) in [4.78, 5) is 15.5. The maximum Gasteiger partial charge on any atom is 0.241 e. The minimum Gasteiger partial charge on any atom is -0.383 e. The van der Waals surface area contributed by atoms with Gasteiger partial charge in [-0.05, 0) is 24.6 Å². The molecule has 0 fully saturated rings. The van der Waals surface area contributed by atoms with Crippen LogP contribution in [0.3, 0.4) is 0 Å². The van der Waals surface area contributed by atoms with Crippen LogP contribution in [0, 0.1) is 0 Å². The van der Waals surface area contributed by atoms with Gasteiger partial charge in [0.05, 0.1) is 12.6 Å². The minimum atomic E-state index is -0.223. The Bertz CT molecular complexity index is 538. The van der Waals surface area contributed by atoms with Crippen LogP contribution < -0.4 is 16.4 Å². The quantitative estimate of drug-likeness (QED) is 0.398. The third-order valence-corrected chi connectivity index (χ3v) is 3.38. The number of ether oxygens (including phenoxy) is 1. The van der Waals surface area contributed by atoms with Crippen LogP contribution in [0.4, 0.5) is 0 Å². The summed E-state index contributed by atoms with van der Waals surface area (Å²) in [6.07, 6.45) is 0. The van der Waals surface area contributed by atoms with E-state index >= 15 is 0 Å². The van der Waals surface area contributed by atoms with Gasteiger partial charge in [-0.15, -0.1) is 0 Å². The van der Waals surface area contributed by atoms with Gasteiger partial charge in [0, 0.05) is 23.7 Å². The third kappa shape index (κ3) is 6.51. The Morgan fingerprint density at radius 2 is 2.18 bits per heavy atom. The Balaban J connectivity index is 2.50. The van der Waals surface area contributed by atoms with Crippen LogP contribution in [0.15, 0.2) is 23.2 Å². The maximum atomic E-state index is 11.5. The van der Waals surface area contributed by atoms with E-state index in [4.69, 9.17) is 33.7 Å². The zero-order valence-corrected chi connectivity index (χ0v) is 14.0. The first-order chi connectivity index (χ1) is 10.4. The molecule has 1 aromatic rings. The van der Waals surface area contributed by atoms with Crippen LogP contribution in [0.1, 0.15) is 18.5 Å². The van der Waals surface area contributed by atoms with Gasteiger partial charge in [-0.2, -0.15) is 0 Å². The fourth-order valence-corrected chi connectivity index (χ4v) is 2.28. The van der Waals surface area contributed by atoms with Crippen molar-refractivity contribution in [2.75, 3.05) is 26.8 Å². The SMILES string of the molecule is COCCNC(=O)CN=C(N)NC(C)c1ccc(Cl)cc1Cl. The highest BCUT2D eigenvalue weighted by atomic mass is 35.5. The summed E-state index contributed by atoms with van der Waals surface area (Å²) >= 11 is 12.0. The molecule has 0 radical (unpaired) electrons. The van der Waals surface area contributed by atoms with Crippen molar-refractivity contribution in [2.45, 2.75) is 13.0 Å². The van der Waals surface area contributed by atoms with E-state index < -0.39 is 0 Å². The van der Waals surface area contributed by atoms with E-state index in [1.165, 1.54) is 0 Å². The highest BCUT2D eigenvalue weighted by Gasteiger charge is 2.10. The number of guanidine groups is 1. The number of carbonyl (C=O) groups is 1. The average molecular weight is 347 g/mol. The van der Waals surface area contributed by atoms with Crippen LogP contribution in [0.25, 0.3) is 0 Å². The van der Waals surface area contributed by atoms with E-state index in [0.29, 0.717) is 23.2 Å². The van der Waals surface area contributed by atoms with Crippen molar-refractivity contribution in [1.82, 2.24) is 10.6 Å². The van der Waals surface area contributed by atoms with Crippen LogP contribution >= 0.6 is 23.2 Å². The second-order valence-electron chi connectivity index (χ2n) is 4.58. The number of nitrogens with one attached hydrogen (secondary N) is 2. The van der Waals surface area contributed by atoms with Gasteiger partial charge >= 0.3 is 0 Å². The lowest BCUT2D eigenvalue weighted by Gasteiger charge is -2.16. The number of hydrogen-bond donors (Lipinski definition) is 3.